The highest BCUT2D eigenvalue weighted by atomic mass is 19.4. The zero-order valence-electron chi connectivity index (χ0n) is 20.6. The number of hydrogen-bond acceptors (Lipinski definition) is 9. The van der Waals surface area contributed by atoms with Crippen LogP contribution in [0, 0.1) is 0 Å². The van der Waals surface area contributed by atoms with E-state index in [0.717, 1.165) is 0 Å². The molecule has 0 aliphatic heterocycles. The maximum atomic E-state index is 14.1. The summed E-state index contributed by atoms with van der Waals surface area (Å²) in [4.78, 5) is 34.3. The first-order chi connectivity index (χ1) is 18.7. The zero-order chi connectivity index (χ0) is 27.7. The van der Waals surface area contributed by atoms with Crippen molar-refractivity contribution in [3.05, 3.63) is 88.9 Å². The molecule has 5 aromatic rings. The predicted octanol–water partition coefficient (Wildman–Crippen LogP) is 4.42. The van der Waals surface area contributed by atoms with E-state index in [1.54, 1.807) is 55.5 Å². The lowest BCUT2D eigenvalue weighted by Crippen LogP contribution is -2.28. The van der Waals surface area contributed by atoms with Gasteiger partial charge >= 0.3 is 12.2 Å². The molecule has 0 unspecified atom stereocenters. The van der Waals surface area contributed by atoms with Crippen molar-refractivity contribution in [2.75, 3.05) is 18.2 Å². The largest absolute Gasteiger partial charge is 0.467 e. The van der Waals surface area contributed by atoms with Crippen molar-refractivity contribution < 1.29 is 17.9 Å². The Balaban J connectivity index is 1.72. The van der Waals surface area contributed by atoms with Crippen LogP contribution in [-0.2, 0) is 6.18 Å². The first-order valence-electron chi connectivity index (χ1n) is 11.6. The summed E-state index contributed by atoms with van der Waals surface area (Å²) < 4.78 is 47.3. The van der Waals surface area contributed by atoms with Crippen LogP contribution >= 0.6 is 0 Å². The molecular formula is C26H21F3N8O2. The smallest absolute Gasteiger partial charge is 0.421 e. The van der Waals surface area contributed by atoms with Crippen LogP contribution in [0.15, 0.2) is 71.9 Å². The Morgan fingerprint density at radius 3 is 2.36 bits per heavy atom. The molecule has 0 aliphatic rings. The molecule has 39 heavy (non-hydrogen) atoms. The van der Waals surface area contributed by atoms with E-state index in [1.165, 1.54) is 24.1 Å². The lowest BCUT2D eigenvalue weighted by atomic mass is 10.0. The Bertz CT molecular complexity index is 1710. The number of anilines is 2. The number of hydrogen-bond donors (Lipinski definition) is 2. The number of alkyl halides is 3. The van der Waals surface area contributed by atoms with Crippen LogP contribution in [0.2, 0.25) is 0 Å². The predicted molar refractivity (Wildman–Crippen MR) is 138 cm³/mol. The van der Waals surface area contributed by atoms with E-state index >= 15 is 0 Å². The molecule has 0 fully saturated rings. The zero-order valence-corrected chi connectivity index (χ0v) is 20.6. The molecule has 0 aliphatic carbocycles. The van der Waals surface area contributed by atoms with Gasteiger partial charge in [0, 0.05) is 24.2 Å². The number of nitrogens with zero attached hydrogens (tertiary/aromatic N) is 6. The van der Waals surface area contributed by atoms with E-state index in [-0.39, 0.29) is 23.2 Å². The number of para-hydroxylation sites is 1. The van der Waals surface area contributed by atoms with Crippen molar-refractivity contribution in [2.45, 2.75) is 19.1 Å². The van der Waals surface area contributed by atoms with Crippen molar-refractivity contribution in [2.24, 2.45) is 0 Å². The van der Waals surface area contributed by atoms with Gasteiger partial charge in [0.2, 0.25) is 5.95 Å². The van der Waals surface area contributed by atoms with E-state index in [1.807, 2.05) is 0 Å². The number of nitrogen functional groups attached to an aromatic ring is 1. The monoisotopic (exact) mass is 534 g/mol. The van der Waals surface area contributed by atoms with Crippen molar-refractivity contribution in [1.29, 1.82) is 0 Å². The minimum atomic E-state index is -4.74. The second-order valence-electron chi connectivity index (χ2n) is 8.46. The van der Waals surface area contributed by atoms with Gasteiger partial charge in [0.1, 0.15) is 17.2 Å². The van der Waals surface area contributed by atoms with Crippen LogP contribution < -0.4 is 21.3 Å². The molecule has 198 valence electrons. The number of fused-ring (bicyclic) bond motifs is 1. The Morgan fingerprint density at radius 2 is 1.69 bits per heavy atom. The molecule has 0 bridgehead atoms. The number of ether oxygens (including phenoxy) is 1. The molecule has 3 heterocycles. The maximum absolute atomic E-state index is 14.1. The molecule has 2 aromatic carbocycles. The van der Waals surface area contributed by atoms with Crippen molar-refractivity contribution in [3.8, 4) is 22.8 Å². The minimum Gasteiger partial charge on any atom is -0.467 e. The number of rotatable bonds is 6. The Morgan fingerprint density at radius 1 is 0.974 bits per heavy atom. The Hall–Kier alpha value is -5.07. The van der Waals surface area contributed by atoms with Crippen LogP contribution in [0.4, 0.5) is 24.9 Å². The fourth-order valence-electron chi connectivity index (χ4n) is 4.15. The molecule has 0 saturated heterocycles. The number of nitrogens with two attached hydrogens (primary N) is 1. The van der Waals surface area contributed by atoms with E-state index in [4.69, 9.17) is 15.5 Å². The second-order valence-corrected chi connectivity index (χ2v) is 8.46. The average Bonchev–Trinajstić information content (AvgIpc) is 2.92. The normalized spacial score (nSPS) is 12.3. The van der Waals surface area contributed by atoms with Crippen LogP contribution in [-0.4, -0.2) is 36.6 Å². The van der Waals surface area contributed by atoms with E-state index in [9.17, 15) is 18.0 Å². The maximum Gasteiger partial charge on any atom is 0.421 e. The van der Waals surface area contributed by atoms with Crippen LogP contribution in [0.1, 0.15) is 24.4 Å². The summed E-state index contributed by atoms with van der Waals surface area (Å²) in [7, 11) is 1.44. The number of nitrogens with one attached hydrogen (secondary N) is 1. The van der Waals surface area contributed by atoms with E-state index in [0.29, 0.717) is 28.5 Å². The SMILES string of the molecule is COc1ncc(-c2cccc3nc([C@@H](C)Nc4nc(N)ncc4C(F)(F)F)n(-c4ccccc4)c(=O)c23)cn1. The van der Waals surface area contributed by atoms with Crippen molar-refractivity contribution in [3.63, 3.8) is 0 Å². The molecule has 0 amide bonds. The average molecular weight is 535 g/mol. The van der Waals surface area contributed by atoms with Gasteiger partial charge in [-0.2, -0.15) is 18.2 Å². The first-order valence-corrected chi connectivity index (χ1v) is 11.6. The molecule has 0 saturated carbocycles. The first kappa shape index (κ1) is 25.6. The van der Waals surface area contributed by atoms with Crippen LogP contribution in [0.3, 0.4) is 0 Å². The quantitative estimate of drug-likeness (QED) is 0.325. The van der Waals surface area contributed by atoms with Gasteiger partial charge in [0.15, 0.2) is 0 Å². The van der Waals surface area contributed by atoms with Gasteiger partial charge in [-0.1, -0.05) is 30.3 Å². The van der Waals surface area contributed by atoms with Crippen LogP contribution in [0.5, 0.6) is 6.01 Å². The van der Waals surface area contributed by atoms with Crippen molar-refractivity contribution in [1.82, 2.24) is 29.5 Å². The summed E-state index contributed by atoms with van der Waals surface area (Å²) in [5.74, 6) is -0.705. The topological polar surface area (TPSA) is 134 Å². The highest BCUT2D eigenvalue weighted by Crippen LogP contribution is 2.35. The standard InChI is InChI=1S/C26H21F3N8O2/c1-14(34-21-18(26(27,28)29)13-31-24(30)36-21)22-35-19-10-6-9-17(15-11-32-25(39-2)33-12-15)20(19)23(38)37(22)16-7-4-3-5-8-16/h3-14H,1-2H3,(H3,30,31,34,36)/t14-/m1/s1. The molecule has 5 rings (SSSR count). The number of benzene rings is 2. The van der Waals surface area contributed by atoms with Gasteiger partial charge in [-0.25, -0.2) is 19.9 Å². The summed E-state index contributed by atoms with van der Waals surface area (Å²) in [6.07, 6.45) is -1.06. The number of methoxy groups -OCH3 is 1. The summed E-state index contributed by atoms with van der Waals surface area (Å²) in [5.41, 5.74) is 5.95. The van der Waals surface area contributed by atoms with Gasteiger partial charge in [-0.05, 0) is 30.7 Å². The molecule has 0 spiro atoms. The second kappa shape index (κ2) is 10.0. The van der Waals surface area contributed by atoms with Crippen LogP contribution in [0.25, 0.3) is 27.7 Å². The molecule has 0 radical (unpaired) electrons. The number of aromatic nitrogens is 6. The van der Waals surface area contributed by atoms with Gasteiger partial charge in [-0.15, -0.1) is 0 Å². The lowest BCUT2D eigenvalue weighted by molar-refractivity contribution is -0.137. The van der Waals surface area contributed by atoms with Gasteiger partial charge in [-0.3, -0.25) is 9.36 Å². The molecule has 13 heteroatoms. The number of halogens is 3. The summed E-state index contributed by atoms with van der Waals surface area (Å²) >= 11 is 0. The highest BCUT2D eigenvalue weighted by molar-refractivity contribution is 5.94. The van der Waals surface area contributed by atoms with E-state index in [2.05, 4.69) is 25.3 Å². The van der Waals surface area contributed by atoms with Gasteiger partial charge in [0.05, 0.1) is 29.7 Å². The fraction of sp³-hybridized carbons (Fsp3) is 0.154. The summed E-state index contributed by atoms with van der Waals surface area (Å²) in [6, 6.07) is 13.0. The molecule has 3 N–H and O–H groups in total. The highest BCUT2D eigenvalue weighted by Gasteiger charge is 2.36. The third kappa shape index (κ3) is 4.93. The molecular weight excluding hydrogens is 513 g/mol. The Kier molecular flexibility index (Phi) is 6.56. The van der Waals surface area contributed by atoms with Crippen molar-refractivity contribution >= 4 is 22.7 Å². The molecule has 1 atom stereocenters. The van der Waals surface area contributed by atoms with Gasteiger partial charge in [0.25, 0.3) is 5.56 Å². The minimum absolute atomic E-state index is 0.159. The molecule has 10 nitrogen and oxygen atoms in total. The summed E-state index contributed by atoms with van der Waals surface area (Å²) in [6.45, 7) is 1.58. The summed E-state index contributed by atoms with van der Waals surface area (Å²) in [5, 5.41) is 3.01. The molecule has 3 aromatic heterocycles. The van der Waals surface area contributed by atoms with Gasteiger partial charge < -0.3 is 15.8 Å². The van der Waals surface area contributed by atoms with E-state index < -0.39 is 29.2 Å². The third-order valence-electron chi connectivity index (χ3n) is 5.91. The lowest BCUT2D eigenvalue weighted by Gasteiger charge is -2.22. The fourth-order valence-corrected chi connectivity index (χ4v) is 4.15. The third-order valence-corrected chi connectivity index (χ3v) is 5.91. The Labute approximate surface area is 219 Å².